The molecule has 0 unspecified atom stereocenters. The van der Waals surface area contributed by atoms with Gasteiger partial charge >= 0.3 is 18.3 Å². The summed E-state index contributed by atoms with van der Waals surface area (Å²) in [7, 11) is 0. The highest BCUT2D eigenvalue weighted by Crippen LogP contribution is 2.40. The standard InChI is InChI=1S/C22H23F8N5/c1-12(2)13(3)34-18-15(5-4-8-31-18)35-16(17(21(25,26)27)32-19(34)35)10-33(9-14-6-7-14)11-20(23,24)22(28,29)30/h4-5,8,14H,6-7,9-11H2,1-3H3. The van der Waals surface area contributed by atoms with Crippen molar-refractivity contribution in [3.05, 3.63) is 35.3 Å². The van der Waals surface area contributed by atoms with E-state index in [1.807, 2.05) is 0 Å². The minimum atomic E-state index is -5.82. The summed E-state index contributed by atoms with van der Waals surface area (Å²) in [6, 6.07) is 3.01. The summed E-state index contributed by atoms with van der Waals surface area (Å²) in [5, 5.41) is 0. The average Bonchev–Trinajstić information content (AvgIpc) is 3.36. The molecule has 0 bridgehead atoms. The van der Waals surface area contributed by atoms with E-state index in [4.69, 9.17) is 0 Å². The Bertz CT molecular complexity index is 1270. The predicted octanol–water partition coefficient (Wildman–Crippen LogP) is 6.38. The van der Waals surface area contributed by atoms with Gasteiger partial charge in [0.15, 0.2) is 11.3 Å². The second-order valence-corrected chi connectivity index (χ2v) is 9.12. The Morgan fingerprint density at radius 2 is 1.71 bits per heavy atom. The zero-order valence-corrected chi connectivity index (χ0v) is 19.1. The largest absolute Gasteiger partial charge is 0.454 e. The summed E-state index contributed by atoms with van der Waals surface area (Å²) in [5.74, 6) is -5.38. The number of fused-ring (bicyclic) bond motifs is 3. The van der Waals surface area contributed by atoms with E-state index in [9.17, 15) is 35.1 Å². The van der Waals surface area contributed by atoms with Gasteiger partial charge in [0.25, 0.3) is 0 Å². The monoisotopic (exact) mass is 509 g/mol. The Morgan fingerprint density at radius 1 is 1.06 bits per heavy atom. The second kappa shape index (κ2) is 8.45. The maximum atomic E-state index is 14.0. The van der Waals surface area contributed by atoms with Crippen molar-refractivity contribution < 1.29 is 35.1 Å². The molecule has 1 aliphatic carbocycles. The maximum Gasteiger partial charge on any atom is 0.454 e. The summed E-state index contributed by atoms with van der Waals surface area (Å²) in [6.45, 7) is 2.47. The molecule has 0 saturated heterocycles. The molecule has 0 aliphatic heterocycles. The van der Waals surface area contributed by atoms with Crippen LogP contribution in [0.15, 0.2) is 23.9 Å². The molecule has 0 aromatic carbocycles. The van der Waals surface area contributed by atoms with Crippen molar-refractivity contribution in [3.63, 3.8) is 0 Å². The lowest BCUT2D eigenvalue weighted by atomic mass is 10.2. The number of allylic oxidation sites excluding steroid dienone is 2. The van der Waals surface area contributed by atoms with Crippen LogP contribution in [0.25, 0.3) is 22.6 Å². The molecular formula is C22H23F8N5. The zero-order chi connectivity index (χ0) is 25.9. The van der Waals surface area contributed by atoms with E-state index in [-0.39, 0.29) is 29.4 Å². The fourth-order valence-corrected chi connectivity index (χ4v) is 4.01. The first-order valence-electron chi connectivity index (χ1n) is 10.9. The first-order valence-corrected chi connectivity index (χ1v) is 10.9. The van der Waals surface area contributed by atoms with Gasteiger partial charge in [-0.15, -0.1) is 0 Å². The van der Waals surface area contributed by atoms with E-state index in [0.29, 0.717) is 18.5 Å². The number of hydrogen-bond donors (Lipinski definition) is 0. The van der Waals surface area contributed by atoms with Gasteiger partial charge in [0.1, 0.15) is 0 Å². The van der Waals surface area contributed by atoms with Crippen molar-refractivity contribution in [2.75, 3.05) is 13.1 Å². The molecule has 1 fully saturated rings. The molecule has 4 rings (SSSR count). The molecule has 1 saturated carbocycles. The van der Waals surface area contributed by atoms with E-state index in [2.05, 4.69) is 9.97 Å². The number of halogens is 8. The highest BCUT2D eigenvalue weighted by Gasteiger charge is 2.58. The molecule has 3 aromatic heterocycles. The van der Waals surface area contributed by atoms with Gasteiger partial charge in [-0.05, 0) is 51.7 Å². The van der Waals surface area contributed by atoms with Crippen LogP contribution >= 0.6 is 0 Å². The highest BCUT2D eigenvalue weighted by molar-refractivity contribution is 5.83. The molecule has 35 heavy (non-hydrogen) atoms. The van der Waals surface area contributed by atoms with E-state index >= 15 is 0 Å². The lowest BCUT2D eigenvalue weighted by Crippen LogP contribution is -2.47. The Balaban J connectivity index is 1.93. The van der Waals surface area contributed by atoms with Crippen molar-refractivity contribution in [3.8, 4) is 0 Å². The van der Waals surface area contributed by atoms with E-state index in [1.54, 1.807) is 20.8 Å². The predicted molar refractivity (Wildman–Crippen MR) is 113 cm³/mol. The van der Waals surface area contributed by atoms with Crippen molar-refractivity contribution >= 4 is 22.6 Å². The number of aromatic nitrogens is 4. The molecule has 1 aliphatic rings. The average molecular weight is 509 g/mol. The molecule has 3 heterocycles. The van der Waals surface area contributed by atoms with Crippen molar-refractivity contribution in [2.24, 2.45) is 5.92 Å². The second-order valence-electron chi connectivity index (χ2n) is 9.12. The van der Waals surface area contributed by atoms with Gasteiger partial charge in [0, 0.05) is 25.0 Å². The van der Waals surface area contributed by atoms with Crippen LogP contribution in [0, 0.1) is 5.92 Å². The van der Waals surface area contributed by atoms with Crippen molar-refractivity contribution in [1.82, 2.24) is 23.8 Å². The molecule has 0 atom stereocenters. The molecule has 192 valence electrons. The van der Waals surface area contributed by atoms with Gasteiger partial charge in [0.05, 0.1) is 17.8 Å². The van der Waals surface area contributed by atoms with E-state index < -0.39 is 42.8 Å². The van der Waals surface area contributed by atoms with E-state index in [0.717, 1.165) is 14.9 Å². The number of rotatable bonds is 7. The van der Waals surface area contributed by atoms with Crippen LogP contribution in [-0.4, -0.2) is 49.0 Å². The molecule has 0 spiro atoms. The van der Waals surface area contributed by atoms with E-state index in [1.165, 1.54) is 22.9 Å². The van der Waals surface area contributed by atoms with Crippen LogP contribution in [0.5, 0.6) is 0 Å². The quantitative estimate of drug-likeness (QED) is 0.347. The molecular weight excluding hydrogens is 486 g/mol. The highest BCUT2D eigenvalue weighted by atomic mass is 19.4. The molecule has 5 nitrogen and oxygen atoms in total. The minimum Gasteiger partial charge on any atom is -0.291 e. The third kappa shape index (κ3) is 4.74. The SMILES string of the molecule is CC(C)=C(C)n1c2ncccc2n2c(CN(CC3CC3)CC(F)(F)C(F)(F)F)c(C(F)(F)F)nc12. The van der Waals surface area contributed by atoms with Gasteiger partial charge in [-0.3, -0.25) is 13.9 Å². The van der Waals surface area contributed by atoms with Gasteiger partial charge < -0.3 is 0 Å². The smallest absolute Gasteiger partial charge is 0.291 e. The molecule has 13 heteroatoms. The Hall–Kier alpha value is -2.70. The third-order valence-corrected chi connectivity index (χ3v) is 6.12. The lowest BCUT2D eigenvalue weighted by Gasteiger charge is -2.28. The summed E-state index contributed by atoms with van der Waals surface area (Å²) in [4.78, 5) is 8.82. The van der Waals surface area contributed by atoms with Gasteiger partial charge in [-0.1, -0.05) is 5.57 Å². The fraction of sp³-hybridized carbons (Fsp3) is 0.545. The summed E-state index contributed by atoms with van der Waals surface area (Å²) in [5.41, 5.74) is 0.0166. The first-order chi connectivity index (χ1) is 16.1. The zero-order valence-electron chi connectivity index (χ0n) is 19.1. The maximum absolute atomic E-state index is 14.0. The van der Waals surface area contributed by atoms with Crippen molar-refractivity contribution in [1.29, 1.82) is 0 Å². The lowest BCUT2D eigenvalue weighted by molar-refractivity contribution is -0.287. The topological polar surface area (TPSA) is 38.4 Å². The molecule has 3 aromatic rings. The third-order valence-electron chi connectivity index (χ3n) is 6.12. The molecule has 0 radical (unpaired) electrons. The first kappa shape index (κ1) is 25.4. The molecule has 0 N–H and O–H groups in total. The Kier molecular flexibility index (Phi) is 6.13. The van der Waals surface area contributed by atoms with Gasteiger partial charge in [0.2, 0.25) is 5.78 Å². The number of pyridine rings is 1. The summed E-state index contributed by atoms with van der Waals surface area (Å²) in [6.07, 6.45) is -8.10. The number of nitrogens with zero attached hydrogens (tertiary/aromatic N) is 5. The normalized spacial score (nSPS) is 15.5. The van der Waals surface area contributed by atoms with Gasteiger partial charge in [-0.25, -0.2) is 9.97 Å². The van der Waals surface area contributed by atoms with Crippen molar-refractivity contribution in [2.45, 2.75) is 58.4 Å². The van der Waals surface area contributed by atoms with Crippen LogP contribution in [0.3, 0.4) is 0 Å². The fourth-order valence-electron chi connectivity index (χ4n) is 4.01. The minimum absolute atomic E-state index is 0.145. The van der Waals surface area contributed by atoms with Crippen LogP contribution in [0.2, 0.25) is 0 Å². The number of alkyl halides is 8. The summed E-state index contributed by atoms with van der Waals surface area (Å²) < 4.78 is 111. The van der Waals surface area contributed by atoms with Crippen LogP contribution in [-0.2, 0) is 12.7 Å². The van der Waals surface area contributed by atoms with Crippen LogP contribution in [0.4, 0.5) is 35.1 Å². The molecule has 0 amide bonds. The van der Waals surface area contributed by atoms with Gasteiger partial charge in [-0.2, -0.15) is 35.1 Å². The summed E-state index contributed by atoms with van der Waals surface area (Å²) >= 11 is 0. The number of hydrogen-bond acceptors (Lipinski definition) is 3. The van der Waals surface area contributed by atoms with Crippen LogP contribution < -0.4 is 0 Å². The van der Waals surface area contributed by atoms with Crippen LogP contribution in [0.1, 0.15) is 45.0 Å². The Labute approximate surface area is 195 Å². The number of imidazole rings is 2. The Morgan fingerprint density at radius 3 is 2.26 bits per heavy atom.